The SMILES string of the molecule is O=C(O)c1cn(C2CCCCO2)nc1OCC1CCCC1. The Morgan fingerprint density at radius 2 is 2.10 bits per heavy atom. The zero-order chi connectivity index (χ0) is 14.7. The number of nitrogens with zero attached hydrogens (tertiary/aromatic N) is 2. The van der Waals surface area contributed by atoms with E-state index in [4.69, 9.17) is 9.47 Å². The Labute approximate surface area is 124 Å². The molecule has 0 bridgehead atoms. The fraction of sp³-hybridized carbons (Fsp3) is 0.733. The Hall–Kier alpha value is -1.56. The van der Waals surface area contributed by atoms with Gasteiger partial charge in [-0.2, -0.15) is 0 Å². The molecule has 1 aliphatic carbocycles. The molecule has 1 saturated heterocycles. The summed E-state index contributed by atoms with van der Waals surface area (Å²) in [6.07, 6.45) is 9.16. The number of hydrogen-bond donors (Lipinski definition) is 1. The number of hydrogen-bond acceptors (Lipinski definition) is 4. The summed E-state index contributed by atoms with van der Waals surface area (Å²) in [4.78, 5) is 11.3. The Morgan fingerprint density at radius 1 is 1.33 bits per heavy atom. The smallest absolute Gasteiger partial charge is 0.342 e. The zero-order valence-corrected chi connectivity index (χ0v) is 12.2. The van der Waals surface area contributed by atoms with Crippen LogP contribution in [0.25, 0.3) is 0 Å². The number of aromatic carboxylic acids is 1. The highest BCUT2D eigenvalue weighted by Gasteiger charge is 2.24. The minimum atomic E-state index is -1.00. The molecule has 116 valence electrons. The fourth-order valence-corrected chi connectivity index (χ4v) is 3.08. The van der Waals surface area contributed by atoms with Crippen LogP contribution in [0, 0.1) is 5.92 Å². The van der Waals surface area contributed by atoms with Crippen LogP contribution in [-0.2, 0) is 4.74 Å². The van der Waals surface area contributed by atoms with Crippen LogP contribution in [0.3, 0.4) is 0 Å². The molecule has 1 aromatic heterocycles. The van der Waals surface area contributed by atoms with Crippen molar-refractivity contribution in [2.75, 3.05) is 13.2 Å². The van der Waals surface area contributed by atoms with Gasteiger partial charge in [-0.25, -0.2) is 9.48 Å². The molecule has 2 heterocycles. The van der Waals surface area contributed by atoms with Gasteiger partial charge in [-0.15, -0.1) is 5.10 Å². The first-order valence-corrected chi connectivity index (χ1v) is 7.81. The van der Waals surface area contributed by atoms with E-state index in [2.05, 4.69) is 5.10 Å². The van der Waals surface area contributed by atoms with Gasteiger partial charge in [0.1, 0.15) is 11.8 Å². The van der Waals surface area contributed by atoms with Gasteiger partial charge >= 0.3 is 5.97 Å². The molecule has 2 fully saturated rings. The maximum Gasteiger partial charge on any atom is 0.342 e. The van der Waals surface area contributed by atoms with Crippen LogP contribution < -0.4 is 4.74 Å². The molecule has 2 aliphatic rings. The first kappa shape index (κ1) is 14.4. The minimum absolute atomic E-state index is 0.127. The van der Waals surface area contributed by atoms with E-state index in [1.54, 1.807) is 4.68 Å². The van der Waals surface area contributed by atoms with E-state index in [-0.39, 0.29) is 17.7 Å². The topological polar surface area (TPSA) is 73.6 Å². The van der Waals surface area contributed by atoms with E-state index in [0.29, 0.717) is 19.1 Å². The normalized spacial score (nSPS) is 23.3. The average Bonchev–Trinajstić information content (AvgIpc) is 3.15. The number of carboxylic acids is 1. The molecule has 1 saturated carbocycles. The van der Waals surface area contributed by atoms with E-state index in [1.165, 1.54) is 19.0 Å². The molecule has 1 aliphatic heterocycles. The van der Waals surface area contributed by atoms with Crippen molar-refractivity contribution in [1.29, 1.82) is 0 Å². The number of carboxylic acid groups (broad SMARTS) is 1. The van der Waals surface area contributed by atoms with Gasteiger partial charge in [0, 0.05) is 12.8 Å². The van der Waals surface area contributed by atoms with Crippen molar-refractivity contribution < 1.29 is 19.4 Å². The van der Waals surface area contributed by atoms with Crippen LogP contribution in [0.15, 0.2) is 6.20 Å². The Morgan fingerprint density at radius 3 is 2.76 bits per heavy atom. The average molecular weight is 294 g/mol. The largest absolute Gasteiger partial charge is 0.477 e. The molecule has 1 unspecified atom stereocenters. The molecule has 3 rings (SSSR count). The fourth-order valence-electron chi connectivity index (χ4n) is 3.08. The molecule has 6 nitrogen and oxygen atoms in total. The summed E-state index contributed by atoms with van der Waals surface area (Å²) in [7, 11) is 0. The van der Waals surface area contributed by atoms with Crippen LogP contribution in [0.5, 0.6) is 5.88 Å². The van der Waals surface area contributed by atoms with Crippen LogP contribution >= 0.6 is 0 Å². The lowest BCUT2D eigenvalue weighted by molar-refractivity contribution is -0.0401. The highest BCUT2D eigenvalue weighted by Crippen LogP contribution is 2.28. The molecular formula is C15H22N2O4. The number of carbonyl (C=O) groups is 1. The lowest BCUT2D eigenvalue weighted by Gasteiger charge is -2.22. The van der Waals surface area contributed by atoms with Crippen molar-refractivity contribution >= 4 is 5.97 Å². The summed E-state index contributed by atoms with van der Waals surface area (Å²) in [5, 5.41) is 13.6. The van der Waals surface area contributed by atoms with E-state index in [0.717, 1.165) is 32.1 Å². The Kier molecular flexibility index (Phi) is 4.43. The number of ether oxygens (including phenoxy) is 2. The summed E-state index contributed by atoms with van der Waals surface area (Å²) in [5.74, 6) is -0.246. The molecule has 0 amide bonds. The second-order valence-corrected chi connectivity index (χ2v) is 5.92. The first-order chi connectivity index (χ1) is 10.2. The molecule has 0 radical (unpaired) electrons. The van der Waals surface area contributed by atoms with Crippen LogP contribution in [0.4, 0.5) is 0 Å². The highest BCUT2D eigenvalue weighted by molar-refractivity contribution is 5.89. The van der Waals surface area contributed by atoms with Crippen LogP contribution in [-0.4, -0.2) is 34.1 Å². The van der Waals surface area contributed by atoms with Gasteiger partial charge in [-0.3, -0.25) is 0 Å². The first-order valence-electron chi connectivity index (χ1n) is 7.81. The van der Waals surface area contributed by atoms with Gasteiger partial charge in [0.25, 0.3) is 0 Å². The summed E-state index contributed by atoms with van der Waals surface area (Å²) in [6, 6.07) is 0. The Balaban J connectivity index is 1.70. The van der Waals surface area contributed by atoms with Crippen molar-refractivity contribution in [1.82, 2.24) is 9.78 Å². The van der Waals surface area contributed by atoms with Crippen molar-refractivity contribution in [2.45, 2.75) is 51.2 Å². The second-order valence-electron chi connectivity index (χ2n) is 5.92. The predicted octanol–water partition coefficient (Wildman–Crippen LogP) is 2.85. The van der Waals surface area contributed by atoms with Gasteiger partial charge in [-0.1, -0.05) is 12.8 Å². The maximum atomic E-state index is 11.3. The summed E-state index contributed by atoms with van der Waals surface area (Å²) in [5.41, 5.74) is 0.127. The van der Waals surface area contributed by atoms with Crippen LogP contribution in [0.2, 0.25) is 0 Å². The van der Waals surface area contributed by atoms with Crippen molar-refractivity contribution in [3.63, 3.8) is 0 Å². The standard InChI is InChI=1S/C15H22N2O4/c18-15(19)12-9-17(13-7-3-4-8-20-13)16-14(12)21-10-11-5-1-2-6-11/h9,11,13H,1-8,10H2,(H,18,19). The summed E-state index contributed by atoms with van der Waals surface area (Å²) in [6.45, 7) is 1.26. The van der Waals surface area contributed by atoms with E-state index in [1.807, 2.05) is 0 Å². The van der Waals surface area contributed by atoms with Crippen molar-refractivity contribution in [2.24, 2.45) is 5.92 Å². The third-order valence-electron chi connectivity index (χ3n) is 4.31. The van der Waals surface area contributed by atoms with Crippen molar-refractivity contribution in [3.8, 4) is 5.88 Å². The minimum Gasteiger partial charge on any atom is -0.477 e. The summed E-state index contributed by atoms with van der Waals surface area (Å²) >= 11 is 0. The molecule has 6 heteroatoms. The lowest BCUT2D eigenvalue weighted by Crippen LogP contribution is -2.18. The van der Waals surface area contributed by atoms with Gasteiger partial charge in [0.2, 0.25) is 5.88 Å². The maximum absolute atomic E-state index is 11.3. The predicted molar refractivity (Wildman–Crippen MR) is 75.5 cm³/mol. The highest BCUT2D eigenvalue weighted by atomic mass is 16.5. The van der Waals surface area contributed by atoms with Gasteiger partial charge in [-0.05, 0) is 38.0 Å². The number of rotatable bonds is 5. The summed E-state index contributed by atoms with van der Waals surface area (Å²) < 4.78 is 12.9. The van der Waals surface area contributed by atoms with Crippen molar-refractivity contribution in [3.05, 3.63) is 11.8 Å². The lowest BCUT2D eigenvalue weighted by atomic mass is 10.1. The molecule has 1 atom stereocenters. The third-order valence-corrected chi connectivity index (χ3v) is 4.31. The molecule has 1 N–H and O–H groups in total. The van der Waals surface area contributed by atoms with Gasteiger partial charge < -0.3 is 14.6 Å². The second kappa shape index (κ2) is 6.47. The molecule has 0 aromatic carbocycles. The quantitative estimate of drug-likeness (QED) is 0.904. The zero-order valence-electron chi connectivity index (χ0n) is 12.2. The van der Waals surface area contributed by atoms with E-state index < -0.39 is 5.97 Å². The Bertz CT molecular complexity index is 488. The third kappa shape index (κ3) is 3.37. The van der Waals surface area contributed by atoms with Gasteiger partial charge in [0.15, 0.2) is 0 Å². The van der Waals surface area contributed by atoms with E-state index in [9.17, 15) is 9.90 Å². The molecule has 21 heavy (non-hydrogen) atoms. The van der Waals surface area contributed by atoms with E-state index >= 15 is 0 Å². The molecular weight excluding hydrogens is 272 g/mol. The number of aromatic nitrogens is 2. The monoisotopic (exact) mass is 294 g/mol. The molecule has 0 spiro atoms. The van der Waals surface area contributed by atoms with Crippen LogP contribution in [0.1, 0.15) is 61.5 Å². The molecule has 1 aromatic rings. The van der Waals surface area contributed by atoms with Gasteiger partial charge in [0.05, 0.1) is 6.61 Å².